The van der Waals surface area contributed by atoms with Crippen LogP contribution in [0.4, 0.5) is 0 Å². The van der Waals surface area contributed by atoms with Crippen molar-refractivity contribution in [2.45, 2.75) is 81.3 Å². The molecule has 2 bridgehead atoms. The summed E-state index contributed by atoms with van der Waals surface area (Å²) in [4.78, 5) is 50.0. The summed E-state index contributed by atoms with van der Waals surface area (Å²) in [5.74, 6) is -4.12. The fraction of sp³-hybridized carbons (Fsp3) is 0.556. The molecule has 210 valence electrons. The summed E-state index contributed by atoms with van der Waals surface area (Å²) in [6.07, 6.45) is -1.35. The molecule has 0 saturated carbocycles. The SMILES string of the molecule is CC(=O)O[C@@H](CC(=O)O)C(=O)O[C@@H](C)C(=O)OC1=CC[C@@]2(O)[C@H]3Cc4ccc(O)c5c4[C@@]2(CCCN3C)[C@H]1O5. The molecule has 5 rings (SSSR count). The van der Waals surface area contributed by atoms with Gasteiger partial charge >= 0.3 is 23.9 Å². The fourth-order valence-electron chi connectivity index (χ4n) is 6.72. The van der Waals surface area contributed by atoms with Gasteiger partial charge in [-0.1, -0.05) is 6.07 Å². The number of carbonyl (C=O) groups is 4. The number of ether oxygens (including phenoxy) is 4. The molecule has 0 unspecified atom stereocenters. The molecule has 1 saturated heterocycles. The number of aliphatic carboxylic acids is 1. The molecular formula is C27H31NO11. The summed E-state index contributed by atoms with van der Waals surface area (Å²) in [6, 6.07) is 3.18. The summed E-state index contributed by atoms with van der Waals surface area (Å²) >= 11 is 0. The van der Waals surface area contributed by atoms with Crippen molar-refractivity contribution in [1.82, 2.24) is 4.90 Å². The Morgan fingerprint density at radius 3 is 2.64 bits per heavy atom. The van der Waals surface area contributed by atoms with E-state index >= 15 is 0 Å². The molecule has 4 aliphatic rings. The third kappa shape index (κ3) is 4.13. The van der Waals surface area contributed by atoms with Crippen molar-refractivity contribution in [3.63, 3.8) is 0 Å². The molecule has 1 fully saturated rings. The lowest BCUT2D eigenvalue weighted by molar-refractivity contribution is -0.179. The van der Waals surface area contributed by atoms with E-state index in [2.05, 4.69) is 4.90 Å². The maximum Gasteiger partial charge on any atom is 0.352 e. The largest absolute Gasteiger partial charge is 0.504 e. The van der Waals surface area contributed by atoms with Crippen LogP contribution in [0.1, 0.15) is 50.7 Å². The number of benzene rings is 1. The minimum atomic E-state index is -1.73. The second kappa shape index (κ2) is 9.53. The first-order valence-corrected chi connectivity index (χ1v) is 12.8. The molecule has 2 aliphatic carbocycles. The smallest absolute Gasteiger partial charge is 0.352 e. The Hall–Kier alpha value is -3.64. The number of hydrogen-bond donors (Lipinski definition) is 3. The number of aliphatic hydroxyl groups is 1. The highest BCUT2D eigenvalue weighted by molar-refractivity contribution is 5.86. The van der Waals surface area contributed by atoms with Crippen LogP contribution in [0.15, 0.2) is 24.0 Å². The van der Waals surface area contributed by atoms with E-state index in [1.54, 1.807) is 12.1 Å². The van der Waals surface area contributed by atoms with Gasteiger partial charge in [0.25, 0.3) is 0 Å². The van der Waals surface area contributed by atoms with Crippen LogP contribution < -0.4 is 4.74 Å². The topological polar surface area (TPSA) is 169 Å². The van der Waals surface area contributed by atoms with Crippen molar-refractivity contribution in [3.05, 3.63) is 35.1 Å². The summed E-state index contributed by atoms with van der Waals surface area (Å²) in [7, 11) is 1.97. The number of carboxylic acid groups (broad SMARTS) is 1. The third-order valence-electron chi connectivity index (χ3n) is 8.35. The van der Waals surface area contributed by atoms with Crippen LogP contribution in [-0.4, -0.2) is 87.6 Å². The van der Waals surface area contributed by atoms with Crippen molar-refractivity contribution < 1.29 is 53.4 Å². The van der Waals surface area contributed by atoms with E-state index in [4.69, 9.17) is 24.1 Å². The van der Waals surface area contributed by atoms with E-state index in [9.17, 15) is 29.4 Å². The number of nitrogens with zero attached hydrogens (tertiary/aromatic N) is 1. The number of hydrogen-bond acceptors (Lipinski definition) is 11. The standard InChI is InChI=1S/C27H31NO11/c1-13(36-25(34)18(12-20(31)32)37-14(2)29)24(33)38-17-7-9-27(35)19-11-15-5-6-16(30)22-21(15)26(27,23(17)39-22)8-4-10-28(19)3/h5-7,13,18-19,23,30,35H,4,8-12H2,1-3H3,(H,31,32)/t13-,18-,19+,23-,26-,27+/m0/s1. The molecule has 0 radical (unpaired) electrons. The first-order valence-electron chi connectivity index (χ1n) is 12.8. The van der Waals surface area contributed by atoms with Crippen LogP contribution in [0.25, 0.3) is 0 Å². The summed E-state index contributed by atoms with van der Waals surface area (Å²) in [5.41, 5.74) is -0.535. The normalized spacial score (nSPS) is 30.0. The van der Waals surface area contributed by atoms with Crippen LogP contribution in [0.3, 0.4) is 0 Å². The molecule has 6 atom stereocenters. The first-order chi connectivity index (χ1) is 18.4. The number of carboxylic acids is 1. The number of phenolic OH excluding ortho intramolecular Hbond substituents is 1. The average Bonchev–Trinajstić information content (AvgIpc) is 3.20. The van der Waals surface area contributed by atoms with E-state index in [0.29, 0.717) is 12.8 Å². The number of aromatic hydroxyl groups is 1. The van der Waals surface area contributed by atoms with Crippen LogP contribution in [0.5, 0.6) is 11.5 Å². The Kier molecular flexibility index (Phi) is 6.58. The van der Waals surface area contributed by atoms with Gasteiger partial charge in [-0.15, -0.1) is 0 Å². The van der Waals surface area contributed by atoms with Gasteiger partial charge in [-0.3, -0.25) is 9.59 Å². The highest BCUT2D eigenvalue weighted by Gasteiger charge is 2.71. The van der Waals surface area contributed by atoms with Crippen molar-refractivity contribution in [2.24, 2.45) is 0 Å². The number of carbonyl (C=O) groups excluding carboxylic acids is 3. The Bertz CT molecular complexity index is 1260. The highest BCUT2D eigenvalue weighted by Crippen LogP contribution is 2.64. The fourth-order valence-corrected chi connectivity index (χ4v) is 6.72. The Balaban J connectivity index is 1.42. The molecule has 0 amide bonds. The molecule has 12 nitrogen and oxygen atoms in total. The summed E-state index contributed by atoms with van der Waals surface area (Å²) in [5, 5.41) is 32.0. The zero-order valence-corrected chi connectivity index (χ0v) is 21.8. The van der Waals surface area contributed by atoms with Crippen molar-refractivity contribution >= 4 is 23.9 Å². The summed E-state index contributed by atoms with van der Waals surface area (Å²) < 4.78 is 21.7. The van der Waals surface area contributed by atoms with Gasteiger partial charge in [0, 0.05) is 24.9 Å². The molecule has 39 heavy (non-hydrogen) atoms. The van der Waals surface area contributed by atoms with Crippen LogP contribution >= 0.6 is 0 Å². The predicted molar refractivity (Wildman–Crippen MR) is 131 cm³/mol. The Morgan fingerprint density at radius 1 is 1.21 bits per heavy atom. The molecule has 3 N–H and O–H groups in total. The van der Waals surface area contributed by atoms with Crippen molar-refractivity contribution in [1.29, 1.82) is 0 Å². The highest BCUT2D eigenvalue weighted by atomic mass is 16.6. The molecule has 0 aromatic heterocycles. The van der Waals surface area contributed by atoms with Crippen LogP contribution in [0, 0.1) is 0 Å². The quantitative estimate of drug-likeness (QED) is 0.328. The molecule has 2 heterocycles. The molecular weight excluding hydrogens is 514 g/mol. The van der Waals surface area contributed by atoms with E-state index < -0.39 is 59.6 Å². The van der Waals surface area contributed by atoms with Crippen molar-refractivity contribution in [3.8, 4) is 11.5 Å². The zero-order chi connectivity index (χ0) is 28.3. The van der Waals surface area contributed by atoms with Gasteiger partial charge in [-0.05, 0) is 57.5 Å². The molecule has 12 heteroatoms. The molecule has 1 spiro atoms. The number of likely N-dealkylation sites (tertiary alicyclic amines) is 1. The van der Waals surface area contributed by atoms with Crippen LogP contribution in [-0.2, 0) is 45.2 Å². The minimum Gasteiger partial charge on any atom is -0.504 e. The van der Waals surface area contributed by atoms with Gasteiger partial charge in [0.1, 0.15) is 5.76 Å². The van der Waals surface area contributed by atoms with Crippen LogP contribution in [0.2, 0.25) is 0 Å². The van der Waals surface area contributed by atoms with Gasteiger partial charge in [0.2, 0.25) is 6.10 Å². The van der Waals surface area contributed by atoms with Gasteiger partial charge < -0.3 is 39.2 Å². The van der Waals surface area contributed by atoms with E-state index in [0.717, 1.165) is 31.0 Å². The zero-order valence-electron chi connectivity index (χ0n) is 21.8. The van der Waals surface area contributed by atoms with E-state index in [1.165, 1.54) is 6.92 Å². The number of rotatable bonds is 7. The Labute approximate surface area is 224 Å². The number of esters is 3. The van der Waals surface area contributed by atoms with E-state index in [1.807, 2.05) is 13.1 Å². The average molecular weight is 546 g/mol. The maximum absolute atomic E-state index is 13.0. The molecule has 2 aliphatic heterocycles. The third-order valence-corrected chi connectivity index (χ3v) is 8.35. The van der Waals surface area contributed by atoms with Gasteiger partial charge in [0.15, 0.2) is 23.7 Å². The second-order valence-electron chi connectivity index (χ2n) is 10.7. The second-order valence-corrected chi connectivity index (χ2v) is 10.7. The predicted octanol–water partition coefficient (Wildman–Crippen LogP) is 0.941. The monoisotopic (exact) mass is 545 g/mol. The lowest BCUT2D eigenvalue weighted by Crippen LogP contribution is -2.69. The summed E-state index contributed by atoms with van der Waals surface area (Å²) in [6.45, 7) is 3.01. The number of phenols is 1. The van der Waals surface area contributed by atoms with E-state index in [-0.39, 0.29) is 29.7 Å². The lowest BCUT2D eigenvalue weighted by atomic mass is 9.52. The Morgan fingerprint density at radius 2 is 1.95 bits per heavy atom. The van der Waals surface area contributed by atoms with Gasteiger partial charge in [0.05, 0.1) is 17.4 Å². The molecule has 1 aromatic carbocycles. The minimum absolute atomic E-state index is 0.0705. The lowest BCUT2D eigenvalue weighted by Gasteiger charge is -2.56. The molecule has 1 aromatic rings. The van der Waals surface area contributed by atoms with Gasteiger partial charge in [-0.2, -0.15) is 0 Å². The van der Waals surface area contributed by atoms with Gasteiger partial charge in [-0.25, -0.2) is 9.59 Å². The first kappa shape index (κ1) is 26.9. The number of likely N-dealkylation sites (N-methyl/N-ethyl adjacent to an activating group) is 1. The van der Waals surface area contributed by atoms with Crippen molar-refractivity contribution in [2.75, 3.05) is 13.6 Å². The maximum atomic E-state index is 13.0.